The molecule has 0 heterocycles. The Hall–Kier alpha value is -0.0800. The molecule has 2 atom stereocenters. The van der Waals surface area contributed by atoms with E-state index in [1.807, 2.05) is 13.8 Å². The first-order chi connectivity index (χ1) is 7.55. The van der Waals surface area contributed by atoms with Gasteiger partial charge in [0.1, 0.15) is 0 Å². The first-order valence-electron chi connectivity index (χ1n) is 6.98. The Balaban J connectivity index is 3.55. The fourth-order valence-corrected chi connectivity index (χ4v) is 1.83. The Morgan fingerprint density at radius 1 is 1.19 bits per heavy atom. The van der Waals surface area contributed by atoms with Gasteiger partial charge in [-0.15, -0.1) is 0 Å². The molecular weight excluding hydrogens is 198 g/mol. The lowest BCUT2D eigenvalue weighted by molar-refractivity contribution is 0.0556. The summed E-state index contributed by atoms with van der Waals surface area (Å²) in [5, 5.41) is 13.2. The summed E-state index contributed by atoms with van der Waals surface area (Å²) in [4.78, 5) is 0. The van der Waals surface area contributed by atoms with Gasteiger partial charge in [-0.25, -0.2) is 0 Å². The zero-order valence-corrected chi connectivity index (χ0v) is 11.7. The highest BCUT2D eigenvalue weighted by Gasteiger charge is 2.16. The van der Waals surface area contributed by atoms with Crippen LogP contribution in [0.5, 0.6) is 0 Å². The molecule has 0 aliphatic rings. The Bertz CT molecular complexity index is 157. The Morgan fingerprint density at radius 3 is 2.38 bits per heavy atom. The van der Waals surface area contributed by atoms with Gasteiger partial charge in [0.25, 0.3) is 0 Å². The van der Waals surface area contributed by atoms with E-state index < -0.39 is 5.60 Å². The van der Waals surface area contributed by atoms with Crippen LogP contribution in [0.2, 0.25) is 0 Å². The van der Waals surface area contributed by atoms with E-state index in [9.17, 15) is 5.11 Å². The second kappa shape index (κ2) is 9.00. The van der Waals surface area contributed by atoms with Crippen LogP contribution in [0.25, 0.3) is 0 Å². The van der Waals surface area contributed by atoms with Crippen LogP contribution >= 0.6 is 0 Å². The molecular formula is C14H31NO. The number of aliphatic hydroxyl groups is 1. The van der Waals surface area contributed by atoms with Crippen molar-refractivity contribution in [1.82, 2.24) is 5.32 Å². The Kier molecular flexibility index (Phi) is 8.96. The SMILES string of the molecule is CCCCC(CC)CCNCC(C)(O)CC. The minimum atomic E-state index is -0.537. The average Bonchev–Trinajstić information content (AvgIpc) is 2.28. The molecule has 0 amide bonds. The maximum Gasteiger partial charge on any atom is 0.0740 e. The van der Waals surface area contributed by atoms with E-state index in [1.165, 1.54) is 32.1 Å². The van der Waals surface area contributed by atoms with Gasteiger partial charge in [0.2, 0.25) is 0 Å². The maximum absolute atomic E-state index is 9.82. The first-order valence-corrected chi connectivity index (χ1v) is 6.98. The monoisotopic (exact) mass is 229 g/mol. The standard InChI is InChI=1S/C14H31NO/c1-5-8-9-13(6-2)10-11-15-12-14(4,16)7-3/h13,15-16H,5-12H2,1-4H3. The highest BCUT2D eigenvalue weighted by atomic mass is 16.3. The van der Waals surface area contributed by atoms with Crippen LogP contribution in [0.15, 0.2) is 0 Å². The van der Waals surface area contributed by atoms with Crippen molar-refractivity contribution in [2.45, 2.75) is 71.8 Å². The third-order valence-corrected chi connectivity index (χ3v) is 3.54. The van der Waals surface area contributed by atoms with Gasteiger partial charge >= 0.3 is 0 Å². The molecule has 0 saturated carbocycles. The van der Waals surface area contributed by atoms with E-state index in [0.717, 1.165) is 18.9 Å². The van der Waals surface area contributed by atoms with E-state index in [2.05, 4.69) is 19.2 Å². The number of nitrogens with one attached hydrogen (secondary N) is 1. The zero-order valence-electron chi connectivity index (χ0n) is 11.7. The predicted octanol–water partition coefficient (Wildman–Crippen LogP) is 3.34. The molecule has 0 aromatic heterocycles. The lowest BCUT2D eigenvalue weighted by Gasteiger charge is -2.22. The molecule has 0 aliphatic heterocycles. The van der Waals surface area contributed by atoms with Gasteiger partial charge in [-0.2, -0.15) is 0 Å². The van der Waals surface area contributed by atoms with Crippen molar-refractivity contribution in [2.75, 3.05) is 13.1 Å². The number of hydrogen-bond acceptors (Lipinski definition) is 2. The van der Waals surface area contributed by atoms with Gasteiger partial charge in [0.15, 0.2) is 0 Å². The van der Waals surface area contributed by atoms with Crippen molar-refractivity contribution in [3.8, 4) is 0 Å². The molecule has 0 rings (SSSR count). The molecule has 0 spiro atoms. The molecule has 2 unspecified atom stereocenters. The van der Waals surface area contributed by atoms with E-state index in [4.69, 9.17) is 0 Å². The second-order valence-corrected chi connectivity index (χ2v) is 5.23. The lowest BCUT2D eigenvalue weighted by atomic mass is 9.95. The zero-order chi connectivity index (χ0) is 12.4. The van der Waals surface area contributed by atoms with Crippen molar-refractivity contribution in [3.63, 3.8) is 0 Å². The highest BCUT2D eigenvalue weighted by molar-refractivity contribution is 4.73. The fraction of sp³-hybridized carbons (Fsp3) is 1.00. The molecule has 0 saturated heterocycles. The molecule has 0 aromatic carbocycles. The summed E-state index contributed by atoms with van der Waals surface area (Å²) >= 11 is 0. The van der Waals surface area contributed by atoms with Crippen molar-refractivity contribution in [3.05, 3.63) is 0 Å². The summed E-state index contributed by atoms with van der Waals surface area (Å²) in [5.74, 6) is 0.860. The molecule has 0 bridgehead atoms. The third-order valence-electron chi connectivity index (χ3n) is 3.54. The van der Waals surface area contributed by atoms with Gasteiger partial charge in [0, 0.05) is 6.54 Å². The largest absolute Gasteiger partial charge is 0.389 e. The first kappa shape index (κ1) is 15.9. The molecule has 2 nitrogen and oxygen atoms in total. The molecule has 0 aliphatic carbocycles. The van der Waals surface area contributed by atoms with Crippen LogP contribution in [0, 0.1) is 5.92 Å². The van der Waals surface area contributed by atoms with Gasteiger partial charge in [-0.05, 0) is 32.2 Å². The summed E-state index contributed by atoms with van der Waals surface area (Å²) in [6.45, 7) is 10.2. The van der Waals surface area contributed by atoms with Crippen molar-refractivity contribution in [2.24, 2.45) is 5.92 Å². The average molecular weight is 229 g/mol. The second-order valence-electron chi connectivity index (χ2n) is 5.23. The van der Waals surface area contributed by atoms with Crippen LogP contribution in [0.3, 0.4) is 0 Å². The topological polar surface area (TPSA) is 32.3 Å². The van der Waals surface area contributed by atoms with E-state index in [-0.39, 0.29) is 0 Å². The van der Waals surface area contributed by atoms with Crippen molar-refractivity contribution in [1.29, 1.82) is 0 Å². The Morgan fingerprint density at radius 2 is 1.88 bits per heavy atom. The molecule has 0 radical (unpaired) electrons. The van der Waals surface area contributed by atoms with E-state index in [1.54, 1.807) is 0 Å². The smallest absolute Gasteiger partial charge is 0.0740 e. The highest BCUT2D eigenvalue weighted by Crippen LogP contribution is 2.16. The number of hydrogen-bond donors (Lipinski definition) is 2. The quantitative estimate of drug-likeness (QED) is 0.563. The molecule has 16 heavy (non-hydrogen) atoms. The summed E-state index contributed by atoms with van der Waals surface area (Å²) in [6, 6.07) is 0. The molecule has 0 fully saturated rings. The van der Waals surface area contributed by atoms with Crippen LogP contribution < -0.4 is 5.32 Å². The van der Waals surface area contributed by atoms with Crippen molar-refractivity contribution >= 4 is 0 Å². The van der Waals surface area contributed by atoms with E-state index in [0.29, 0.717) is 6.54 Å². The number of rotatable bonds is 10. The Labute approximate surface area is 102 Å². The molecule has 0 aromatic rings. The van der Waals surface area contributed by atoms with Crippen LogP contribution in [0.4, 0.5) is 0 Å². The summed E-state index contributed by atoms with van der Waals surface area (Å²) in [6.07, 6.45) is 7.35. The number of unbranched alkanes of at least 4 members (excludes halogenated alkanes) is 1. The third kappa shape index (κ3) is 8.12. The van der Waals surface area contributed by atoms with Crippen LogP contribution in [-0.2, 0) is 0 Å². The van der Waals surface area contributed by atoms with Gasteiger partial charge in [-0.3, -0.25) is 0 Å². The van der Waals surface area contributed by atoms with Crippen LogP contribution in [-0.4, -0.2) is 23.8 Å². The summed E-state index contributed by atoms with van der Waals surface area (Å²) < 4.78 is 0. The van der Waals surface area contributed by atoms with Gasteiger partial charge in [0.05, 0.1) is 5.60 Å². The van der Waals surface area contributed by atoms with Gasteiger partial charge in [-0.1, -0.05) is 46.5 Å². The predicted molar refractivity (Wildman–Crippen MR) is 71.7 cm³/mol. The minimum Gasteiger partial charge on any atom is -0.389 e. The van der Waals surface area contributed by atoms with Crippen molar-refractivity contribution < 1.29 is 5.11 Å². The molecule has 2 N–H and O–H groups in total. The summed E-state index contributed by atoms with van der Waals surface area (Å²) in [7, 11) is 0. The fourth-order valence-electron chi connectivity index (χ4n) is 1.83. The molecule has 2 heteroatoms. The maximum atomic E-state index is 9.82. The molecule has 98 valence electrons. The van der Waals surface area contributed by atoms with Gasteiger partial charge < -0.3 is 10.4 Å². The normalized spacial score (nSPS) is 17.1. The lowest BCUT2D eigenvalue weighted by Crippen LogP contribution is -2.37. The minimum absolute atomic E-state index is 0.537. The summed E-state index contributed by atoms with van der Waals surface area (Å²) in [5.41, 5.74) is -0.537. The van der Waals surface area contributed by atoms with Crippen LogP contribution in [0.1, 0.15) is 66.2 Å². The van der Waals surface area contributed by atoms with E-state index >= 15 is 0 Å².